The lowest BCUT2D eigenvalue weighted by molar-refractivity contribution is 0.0518. The van der Waals surface area contributed by atoms with Crippen LogP contribution in [0.3, 0.4) is 0 Å². The van der Waals surface area contributed by atoms with Crippen LogP contribution in [0.2, 0.25) is 0 Å². The van der Waals surface area contributed by atoms with Crippen molar-refractivity contribution in [3.8, 4) is 0 Å². The first kappa shape index (κ1) is 15.2. The molecule has 0 fully saturated rings. The molecule has 114 valence electrons. The smallest absolute Gasteiger partial charge is 0.360 e. The van der Waals surface area contributed by atoms with Crippen LogP contribution in [0, 0.1) is 6.92 Å². The van der Waals surface area contributed by atoms with Crippen molar-refractivity contribution in [3.63, 3.8) is 0 Å². The maximum Gasteiger partial charge on any atom is 0.360 e. The average molecular weight is 291 g/mol. The van der Waals surface area contributed by atoms with Gasteiger partial charge in [-0.3, -0.25) is 0 Å². The summed E-state index contributed by atoms with van der Waals surface area (Å²) in [7, 11) is 0. The Kier molecular flexibility index (Phi) is 5.08. The molecule has 0 amide bonds. The normalized spacial score (nSPS) is 10.8. The van der Waals surface area contributed by atoms with Crippen molar-refractivity contribution in [1.82, 2.24) is 24.5 Å². The van der Waals surface area contributed by atoms with E-state index < -0.39 is 5.97 Å². The second-order valence-corrected chi connectivity index (χ2v) is 4.75. The summed E-state index contributed by atoms with van der Waals surface area (Å²) in [6.45, 7) is 7.53. The molecule has 2 heterocycles. The topological polar surface area (TPSA) is 74.8 Å². The number of hydrogen-bond acceptors (Lipinski definition) is 5. The van der Waals surface area contributed by atoms with Crippen LogP contribution in [0.1, 0.15) is 42.3 Å². The van der Waals surface area contributed by atoms with Gasteiger partial charge in [-0.1, -0.05) is 18.6 Å². The number of carbonyl (C=O) groups is 1. The maximum absolute atomic E-state index is 11.9. The second-order valence-electron chi connectivity index (χ2n) is 4.75. The van der Waals surface area contributed by atoms with Crippen LogP contribution in [0.5, 0.6) is 0 Å². The van der Waals surface area contributed by atoms with Gasteiger partial charge in [-0.25, -0.2) is 14.5 Å². The fraction of sp³-hybridized carbons (Fsp3) is 0.571. The average Bonchev–Trinajstić information content (AvgIpc) is 3.04. The van der Waals surface area contributed by atoms with E-state index in [9.17, 15) is 4.79 Å². The molecule has 7 heteroatoms. The minimum Gasteiger partial charge on any atom is -0.461 e. The first-order valence-corrected chi connectivity index (χ1v) is 7.24. The Bertz CT molecular complexity index is 602. The Morgan fingerprint density at radius 3 is 2.76 bits per heavy atom. The van der Waals surface area contributed by atoms with Crippen molar-refractivity contribution in [2.75, 3.05) is 6.61 Å². The monoisotopic (exact) mass is 291 g/mol. The number of ether oxygens (including phenoxy) is 1. The van der Waals surface area contributed by atoms with Crippen LogP contribution in [-0.2, 0) is 24.2 Å². The molecule has 0 bridgehead atoms. The number of carbonyl (C=O) groups excluding carboxylic acids is 1. The summed E-state index contributed by atoms with van der Waals surface area (Å²) in [5, 5.41) is 8.09. The van der Waals surface area contributed by atoms with E-state index >= 15 is 0 Å². The van der Waals surface area contributed by atoms with Gasteiger partial charge in [-0.2, -0.15) is 0 Å². The van der Waals surface area contributed by atoms with E-state index in [4.69, 9.17) is 4.74 Å². The second kappa shape index (κ2) is 7.01. The zero-order chi connectivity index (χ0) is 15.2. The minimum atomic E-state index is -0.397. The van der Waals surface area contributed by atoms with Crippen LogP contribution < -0.4 is 0 Å². The highest BCUT2D eigenvalue weighted by Crippen LogP contribution is 2.11. The van der Waals surface area contributed by atoms with Crippen LogP contribution in [0.4, 0.5) is 0 Å². The van der Waals surface area contributed by atoms with Gasteiger partial charge in [0.05, 0.1) is 18.8 Å². The number of imidazole rings is 1. The number of hydrogen-bond donors (Lipinski definition) is 0. The van der Waals surface area contributed by atoms with Gasteiger partial charge >= 0.3 is 5.97 Å². The van der Waals surface area contributed by atoms with Crippen molar-refractivity contribution in [1.29, 1.82) is 0 Å². The van der Waals surface area contributed by atoms with E-state index in [-0.39, 0.29) is 0 Å². The summed E-state index contributed by atoms with van der Waals surface area (Å²) in [5.74, 6) is 0.559. The fourth-order valence-corrected chi connectivity index (χ4v) is 2.20. The third kappa shape index (κ3) is 3.48. The molecule has 0 radical (unpaired) electrons. The zero-order valence-electron chi connectivity index (χ0n) is 12.7. The van der Waals surface area contributed by atoms with Crippen molar-refractivity contribution in [2.24, 2.45) is 0 Å². The van der Waals surface area contributed by atoms with Gasteiger partial charge in [0.25, 0.3) is 0 Å². The standard InChI is InChI=1S/C14H21N5O2/c1-4-6-12-13(14(20)21-5-2)16-17-19(12)10-9-18-8-7-15-11(18)3/h7-8H,4-6,9-10H2,1-3H3. The highest BCUT2D eigenvalue weighted by molar-refractivity contribution is 5.88. The van der Waals surface area contributed by atoms with Crippen molar-refractivity contribution >= 4 is 5.97 Å². The first-order valence-electron chi connectivity index (χ1n) is 7.24. The molecular formula is C14H21N5O2. The highest BCUT2D eigenvalue weighted by atomic mass is 16.5. The fourth-order valence-electron chi connectivity index (χ4n) is 2.20. The lowest BCUT2D eigenvalue weighted by Crippen LogP contribution is -2.14. The highest BCUT2D eigenvalue weighted by Gasteiger charge is 2.20. The molecule has 0 saturated heterocycles. The Morgan fingerprint density at radius 1 is 1.33 bits per heavy atom. The first-order chi connectivity index (χ1) is 10.2. The van der Waals surface area contributed by atoms with Crippen molar-refractivity contribution in [3.05, 3.63) is 29.6 Å². The SMILES string of the molecule is CCCc1c(C(=O)OCC)nnn1CCn1ccnc1C. The Balaban J connectivity index is 2.15. The number of aromatic nitrogens is 5. The summed E-state index contributed by atoms with van der Waals surface area (Å²) in [4.78, 5) is 16.1. The molecule has 0 atom stereocenters. The molecule has 0 unspecified atom stereocenters. The van der Waals surface area contributed by atoms with Gasteiger partial charge in [0.15, 0.2) is 5.69 Å². The number of nitrogens with zero attached hydrogens (tertiary/aromatic N) is 5. The zero-order valence-corrected chi connectivity index (χ0v) is 12.7. The predicted molar refractivity (Wildman–Crippen MR) is 76.9 cm³/mol. The van der Waals surface area contributed by atoms with Gasteiger partial charge in [-0.05, 0) is 20.3 Å². The molecule has 0 aliphatic heterocycles. The molecule has 0 aliphatic rings. The lowest BCUT2D eigenvalue weighted by atomic mass is 10.2. The number of esters is 1. The van der Waals surface area contributed by atoms with Crippen LogP contribution >= 0.6 is 0 Å². The number of rotatable bonds is 7. The van der Waals surface area contributed by atoms with Gasteiger partial charge in [0, 0.05) is 18.9 Å². The molecule has 21 heavy (non-hydrogen) atoms. The molecule has 2 rings (SSSR count). The Hall–Kier alpha value is -2.18. The van der Waals surface area contributed by atoms with Gasteiger partial charge < -0.3 is 9.30 Å². The molecule has 0 spiro atoms. The largest absolute Gasteiger partial charge is 0.461 e. The van der Waals surface area contributed by atoms with E-state index in [1.165, 1.54) is 0 Å². The summed E-state index contributed by atoms with van der Waals surface area (Å²) in [5.41, 5.74) is 1.18. The van der Waals surface area contributed by atoms with Crippen molar-refractivity contribution in [2.45, 2.75) is 46.7 Å². The van der Waals surface area contributed by atoms with Gasteiger partial charge in [-0.15, -0.1) is 5.10 Å². The molecule has 0 aromatic carbocycles. The summed E-state index contributed by atoms with van der Waals surface area (Å²) in [6, 6.07) is 0. The van der Waals surface area contributed by atoms with Crippen LogP contribution in [-0.4, -0.2) is 37.1 Å². The Labute approximate surface area is 123 Å². The molecule has 0 aliphatic carbocycles. The third-order valence-electron chi connectivity index (χ3n) is 3.27. The van der Waals surface area contributed by atoms with Crippen molar-refractivity contribution < 1.29 is 9.53 Å². The summed E-state index contributed by atoms with van der Waals surface area (Å²) in [6.07, 6.45) is 5.37. The molecule has 2 aromatic heterocycles. The minimum absolute atomic E-state index is 0.334. The van der Waals surface area contributed by atoms with E-state index in [1.54, 1.807) is 17.8 Å². The quantitative estimate of drug-likeness (QED) is 0.724. The van der Waals surface area contributed by atoms with E-state index in [0.29, 0.717) is 18.8 Å². The molecular weight excluding hydrogens is 270 g/mol. The molecule has 2 aromatic rings. The van der Waals surface area contributed by atoms with Gasteiger partial charge in [0.2, 0.25) is 0 Å². The molecule has 0 N–H and O–H groups in total. The van der Waals surface area contributed by atoms with E-state index in [1.807, 2.05) is 17.7 Å². The lowest BCUT2D eigenvalue weighted by Gasteiger charge is -2.08. The summed E-state index contributed by atoms with van der Waals surface area (Å²) < 4.78 is 8.86. The number of aryl methyl sites for hydroxylation is 3. The van der Waals surface area contributed by atoms with Gasteiger partial charge in [0.1, 0.15) is 5.82 Å². The van der Waals surface area contributed by atoms with Crippen LogP contribution in [0.25, 0.3) is 0 Å². The Morgan fingerprint density at radius 2 is 2.14 bits per heavy atom. The van der Waals surface area contributed by atoms with E-state index in [0.717, 1.165) is 30.9 Å². The molecule has 7 nitrogen and oxygen atoms in total. The summed E-state index contributed by atoms with van der Waals surface area (Å²) >= 11 is 0. The predicted octanol–water partition coefficient (Wildman–Crippen LogP) is 1.61. The maximum atomic E-state index is 11.9. The van der Waals surface area contributed by atoms with E-state index in [2.05, 4.69) is 22.2 Å². The van der Waals surface area contributed by atoms with Crippen LogP contribution in [0.15, 0.2) is 12.4 Å². The third-order valence-corrected chi connectivity index (χ3v) is 3.27. The molecule has 0 saturated carbocycles.